The van der Waals surface area contributed by atoms with E-state index in [1.165, 1.54) is 0 Å². The average Bonchev–Trinajstić information content (AvgIpc) is 2.71. The molecule has 0 radical (unpaired) electrons. The number of hydrogen-bond donors (Lipinski definition) is 1. The van der Waals surface area contributed by atoms with Gasteiger partial charge >= 0.3 is 5.63 Å². The first-order valence-electron chi connectivity index (χ1n) is 10.5. The largest absolute Gasteiger partial charge is 0.483 e. The SMILES string of the molecule is Cc1c(C)c2ccc(OCC(=O)N3CC[C@@]4(O)CCCC[C@@H]4C3)c(C)c2oc1=O. The minimum atomic E-state index is -0.599. The summed E-state index contributed by atoms with van der Waals surface area (Å²) in [4.78, 5) is 26.6. The highest BCUT2D eigenvalue weighted by Crippen LogP contribution is 2.39. The molecule has 0 spiro atoms. The Labute approximate surface area is 170 Å². The summed E-state index contributed by atoms with van der Waals surface area (Å²) in [6, 6.07) is 3.70. The Kier molecular flexibility index (Phi) is 5.15. The van der Waals surface area contributed by atoms with Crippen LogP contribution < -0.4 is 10.4 Å². The normalized spacial score (nSPS) is 24.4. The Balaban J connectivity index is 1.47. The molecular formula is C23H29NO5. The minimum Gasteiger partial charge on any atom is -0.483 e. The summed E-state index contributed by atoms with van der Waals surface area (Å²) in [6.07, 6.45) is 4.65. The maximum Gasteiger partial charge on any atom is 0.339 e. The Morgan fingerprint density at radius 1 is 1.21 bits per heavy atom. The summed E-state index contributed by atoms with van der Waals surface area (Å²) in [5, 5.41) is 11.7. The molecule has 1 aromatic carbocycles. The number of benzene rings is 1. The first-order chi connectivity index (χ1) is 13.8. The van der Waals surface area contributed by atoms with Crippen molar-refractivity contribution in [2.45, 2.75) is 58.5 Å². The summed E-state index contributed by atoms with van der Waals surface area (Å²) < 4.78 is 11.3. The van der Waals surface area contributed by atoms with Gasteiger partial charge in [-0.1, -0.05) is 12.8 Å². The molecule has 1 aliphatic heterocycles. The Bertz CT molecular complexity index is 1010. The monoisotopic (exact) mass is 399 g/mol. The lowest BCUT2D eigenvalue weighted by molar-refractivity contribution is -0.145. The van der Waals surface area contributed by atoms with Crippen LogP contribution in [0.25, 0.3) is 11.0 Å². The van der Waals surface area contributed by atoms with Crippen LogP contribution in [0.3, 0.4) is 0 Å². The molecule has 0 unspecified atom stereocenters. The summed E-state index contributed by atoms with van der Waals surface area (Å²) in [6.45, 7) is 6.60. The van der Waals surface area contributed by atoms with Crippen LogP contribution in [-0.4, -0.2) is 41.2 Å². The summed E-state index contributed by atoms with van der Waals surface area (Å²) >= 11 is 0. The summed E-state index contributed by atoms with van der Waals surface area (Å²) in [7, 11) is 0. The third-order valence-corrected chi connectivity index (χ3v) is 6.96. The van der Waals surface area contributed by atoms with Gasteiger partial charge in [0.15, 0.2) is 6.61 Å². The predicted molar refractivity (Wildman–Crippen MR) is 110 cm³/mol. The van der Waals surface area contributed by atoms with Crippen molar-refractivity contribution in [1.82, 2.24) is 4.90 Å². The van der Waals surface area contributed by atoms with Crippen LogP contribution in [0.15, 0.2) is 21.3 Å². The number of hydrogen-bond acceptors (Lipinski definition) is 5. The number of nitrogens with zero attached hydrogens (tertiary/aromatic N) is 1. The lowest BCUT2D eigenvalue weighted by Crippen LogP contribution is -2.55. The first-order valence-corrected chi connectivity index (χ1v) is 10.5. The molecule has 4 rings (SSSR count). The van der Waals surface area contributed by atoms with Crippen LogP contribution in [0.4, 0.5) is 0 Å². The summed E-state index contributed by atoms with van der Waals surface area (Å²) in [5.41, 5.74) is 1.78. The Morgan fingerprint density at radius 3 is 2.79 bits per heavy atom. The van der Waals surface area contributed by atoms with Crippen LogP contribution in [0.1, 0.15) is 48.8 Å². The van der Waals surface area contributed by atoms with Crippen LogP contribution >= 0.6 is 0 Å². The van der Waals surface area contributed by atoms with Crippen molar-refractivity contribution < 1.29 is 19.1 Å². The predicted octanol–water partition coefficient (Wildman–Crippen LogP) is 3.25. The molecule has 1 saturated heterocycles. The standard InChI is InChI=1S/C23H29NO5/c1-14-15(2)22(26)29-21-16(3)19(8-7-18(14)21)28-13-20(25)24-11-10-23(27)9-5-4-6-17(23)12-24/h7-8,17,27H,4-6,9-13H2,1-3H3/t17-,23+/m1/s1. The van der Waals surface area contributed by atoms with Crippen molar-refractivity contribution in [1.29, 1.82) is 0 Å². The smallest absolute Gasteiger partial charge is 0.339 e. The zero-order valence-corrected chi connectivity index (χ0v) is 17.4. The van der Waals surface area contributed by atoms with Gasteiger partial charge in [0.05, 0.1) is 5.60 Å². The molecule has 0 bridgehead atoms. The maximum absolute atomic E-state index is 12.7. The molecular weight excluding hydrogens is 370 g/mol. The molecule has 1 aliphatic carbocycles. The number of piperidine rings is 1. The maximum atomic E-state index is 12.7. The van der Waals surface area contributed by atoms with E-state index in [2.05, 4.69) is 0 Å². The van der Waals surface area contributed by atoms with Crippen molar-refractivity contribution in [2.75, 3.05) is 19.7 Å². The number of aliphatic hydroxyl groups is 1. The average molecular weight is 399 g/mol. The highest BCUT2D eigenvalue weighted by atomic mass is 16.5. The van der Waals surface area contributed by atoms with Crippen molar-refractivity contribution in [3.63, 3.8) is 0 Å². The van der Waals surface area contributed by atoms with Crippen molar-refractivity contribution in [2.24, 2.45) is 5.92 Å². The molecule has 2 heterocycles. The zero-order valence-electron chi connectivity index (χ0n) is 17.4. The van der Waals surface area contributed by atoms with E-state index in [1.807, 2.05) is 30.9 Å². The Morgan fingerprint density at radius 2 is 2.00 bits per heavy atom. The fourth-order valence-electron chi connectivity index (χ4n) is 4.81. The fraction of sp³-hybridized carbons (Fsp3) is 0.565. The number of carbonyl (C=O) groups excluding carboxylic acids is 1. The van der Waals surface area contributed by atoms with Crippen LogP contribution in [0, 0.1) is 26.7 Å². The fourth-order valence-corrected chi connectivity index (χ4v) is 4.81. The third kappa shape index (κ3) is 3.54. The molecule has 2 aromatic rings. The quantitative estimate of drug-likeness (QED) is 0.802. The number of amides is 1. The van der Waals surface area contributed by atoms with E-state index in [-0.39, 0.29) is 24.1 Å². The topological polar surface area (TPSA) is 80.0 Å². The van der Waals surface area contributed by atoms with Gasteiger partial charge in [-0.3, -0.25) is 4.79 Å². The molecule has 6 heteroatoms. The molecule has 1 N–H and O–H groups in total. The van der Waals surface area contributed by atoms with Gasteiger partial charge in [0, 0.05) is 35.5 Å². The van der Waals surface area contributed by atoms with Gasteiger partial charge in [-0.2, -0.15) is 0 Å². The molecule has 1 saturated carbocycles. The summed E-state index contributed by atoms with van der Waals surface area (Å²) in [5.74, 6) is 0.638. The molecule has 156 valence electrons. The van der Waals surface area contributed by atoms with E-state index in [9.17, 15) is 14.7 Å². The molecule has 1 aromatic heterocycles. The molecule has 2 fully saturated rings. The van der Waals surface area contributed by atoms with Crippen molar-refractivity contribution >= 4 is 16.9 Å². The zero-order chi connectivity index (χ0) is 20.8. The molecule has 2 atom stereocenters. The van der Waals surface area contributed by atoms with Crippen molar-refractivity contribution in [3.05, 3.63) is 39.2 Å². The number of fused-ring (bicyclic) bond motifs is 2. The first kappa shape index (κ1) is 20.0. The van der Waals surface area contributed by atoms with E-state index >= 15 is 0 Å². The number of ether oxygens (including phenoxy) is 1. The van der Waals surface area contributed by atoms with Gasteiger partial charge < -0.3 is 19.2 Å². The lowest BCUT2D eigenvalue weighted by atomic mass is 9.71. The van der Waals surface area contributed by atoms with E-state index < -0.39 is 5.60 Å². The third-order valence-electron chi connectivity index (χ3n) is 6.96. The minimum absolute atomic E-state index is 0.0629. The van der Waals surface area contributed by atoms with Gasteiger partial charge in [0.1, 0.15) is 11.3 Å². The van der Waals surface area contributed by atoms with E-state index in [0.29, 0.717) is 36.4 Å². The van der Waals surface area contributed by atoms with Crippen LogP contribution in [0.5, 0.6) is 5.75 Å². The van der Waals surface area contributed by atoms with Gasteiger partial charge in [-0.15, -0.1) is 0 Å². The van der Waals surface area contributed by atoms with E-state index in [0.717, 1.165) is 42.2 Å². The lowest BCUT2D eigenvalue weighted by Gasteiger charge is -2.47. The Hall–Kier alpha value is -2.34. The number of carbonyl (C=O) groups is 1. The second kappa shape index (κ2) is 7.48. The van der Waals surface area contributed by atoms with Gasteiger partial charge in [-0.25, -0.2) is 4.79 Å². The molecule has 1 amide bonds. The molecule has 29 heavy (non-hydrogen) atoms. The van der Waals surface area contributed by atoms with Gasteiger partial charge in [0.25, 0.3) is 5.91 Å². The van der Waals surface area contributed by atoms with Gasteiger partial charge in [-0.05, 0) is 57.7 Å². The second-order valence-electron chi connectivity index (χ2n) is 8.63. The highest BCUT2D eigenvalue weighted by molar-refractivity contribution is 5.85. The van der Waals surface area contributed by atoms with Crippen molar-refractivity contribution in [3.8, 4) is 5.75 Å². The van der Waals surface area contributed by atoms with E-state index in [1.54, 1.807) is 6.92 Å². The number of rotatable bonds is 3. The van der Waals surface area contributed by atoms with Crippen LogP contribution in [0.2, 0.25) is 0 Å². The molecule has 6 nitrogen and oxygen atoms in total. The van der Waals surface area contributed by atoms with Crippen LogP contribution in [-0.2, 0) is 4.79 Å². The second-order valence-corrected chi connectivity index (χ2v) is 8.63. The van der Waals surface area contributed by atoms with Gasteiger partial charge in [0.2, 0.25) is 0 Å². The molecule has 2 aliphatic rings. The number of likely N-dealkylation sites (tertiary alicyclic amines) is 1. The highest BCUT2D eigenvalue weighted by Gasteiger charge is 2.43. The number of aryl methyl sites for hydroxylation is 2. The van der Waals surface area contributed by atoms with E-state index in [4.69, 9.17) is 9.15 Å².